The van der Waals surface area contributed by atoms with Crippen molar-refractivity contribution in [3.63, 3.8) is 0 Å². The fourth-order valence-corrected chi connectivity index (χ4v) is 3.53. The van der Waals surface area contributed by atoms with E-state index in [0.717, 1.165) is 5.56 Å². The van der Waals surface area contributed by atoms with E-state index in [1.54, 1.807) is 37.4 Å². The van der Waals surface area contributed by atoms with Gasteiger partial charge >= 0.3 is 0 Å². The molecule has 0 fully saturated rings. The first-order valence-corrected chi connectivity index (χ1v) is 9.07. The van der Waals surface area contributed by atoms with Crippen molar-refractivity contribution < 1.29 is 27.2 Å². The number of methoxy groups -OCH3 is 1. The van der Waals surface area contributed by atoms with Crippen LogP contribution < -0.4 is 18.9 Å². The van der Waals surface area contributed by atoms with Crippen LogP contribution >= 0.6 is 0 Å². The summed E-state index contributed by atoms with van der Waals surface area (Å²) in [5.74, 6) is 1.59. The maximum atomic E-state index is 12.7. The third-order valence-electron chi connectivity index (χ3n) is 3.85. The highest BCUT2D eigenvalue weighted by Gasteiger charge is 2.23. The standard InChI is InChI=1S/C17H14N2O6S/c1-22-12-4-2-11(3-5-12)14-9-18-25-17(14)19-26(20,21)13-6-7-15-16(8-13)24-10-23-15/h2-9,19H,10H2,1H3. The minimum atomic E-state index is -3.89. The largest absolute Gasteiger partial charge is 0.497 e. The summed E-state index contributed by atoms with van der Waals surface area (Å²) in [5.41, 5.74) is 1.24. The van der Waals surface area contributed by atoms with Gasteiger partial charge in [0, 0.05) is 6.07 Å². The fourth-order valence-electron chi connectivity index (χ4n) is 2.51. The number of hydrogen-bond acceptors (Lipinski definition) is 7. The van der Waals surface area contributed by atoms with Gasteiger partial charge in [0.25, 0.3) is 10.0 Å². The van der Waals surface area contributed by atoms with Gasteiger partial charge in [0.05, 0.1) is 23.8 Å². The number of aromatic nitrogens is 1. The molecular weight excluding hydrogens is 360 g/mol. The van der Waals surface area contributed by atoms with Crippen LogP contribution in [-0.2, 0) is 10.0 Å². The normalized spacial score (nSPS) is 12.8. The van der Waals surface area contributed by atoms with Crippen molar-refractivity contribution in [2.75, 3.05) is 18.6 Å². The highest BCUT2D eigenvalue weighted by atomic mass is 32.2. The lowest BCUT2D eigenvalue weighted by Crippen LogP contribution is -2.13. The van der Waals surface area contributed by atoms with E-state index >= 15 is 0 Å². The molecule has 1 N–H and O–H groups in total. The number of hydrogen-bond donors (Lipinski definition) is 1. The van der Waals surface area contributed by atoms with E-state index in [2.05, 4.69) is 9.88 Å². The van der Waals surface area contributed by atoms with Gasteiger partial charge in [-0.15, -0.1) is 0 Å². The number of nitrogens with zero attached hydrogens (tertiary/aromatic N) is 1. The van der Waals surface area contributed by atoms with Crippen LogP contribution in [0.3, 0.4) is 0 Å². The molecule has 2 aromatic carbocycles. The minimum Gasteiger partial charge on any atom is -0.497 e. The Balaban J connectivity index is 1.64. The second-order valence-corrected chi connectivity index (χ2v) is 7.10. The Morgan fingerprint density at radius 1 is 1.08 bits per heavy atom. The summed E-state index contributed by atoms with van der Waals surface area (Å²) in [7, 11) is -2.32. The zero-order chi connectivity index (χ0) is 18.1. The third kappa shape index (κ3) is 2.93. The van der Waals surface area contributed by atoms with Gasteiger partial charge in [-0.1, -0.05) is 17.3 Å². The second-order valence-electron chi connectivity index (χ2n) is 5.42. The van der Waals surface area contributed by atoms with Crippen molar-refractivity contribution in [3.05, 3.63) is 48.7 Å². The van der Waals surface area contributed by atoms with Crippen LogP contribution in [0.15, 0.2) is 58.1 Å². The molecule has 0 bridgehead atoms. The van der Waals surface area contributed by atoms with Crippen molar-refractivity contribution in [2.24, 2.45) is 0 Å². The summed E-state index contributed by atoms with van der Waals surface area (Å²) in [4.78, 5) is 0.0267. The highest BCUT2D eigenvalue weighted by Crippen LogP contribution is 2.35. The van der Waals surface area contributed by atoms with E-state index in [4.69, 9.17) is 18.7 Å². The SMILES string of the molecule is COc1ccc(-c2cnoc2NS(=O)(=O)c2ccc3c(c2)OCO3)cc1. The van der Waals surface area contributed by atoms with Crippen LogP contribution in [0.4, 0.5) is 5.88 Å². The van der Waals surface area contributed by atoms with E-state index < -0.39 is 10.0 Å². The molecule has 0 radical (unpaired) electrons. The number of nitrogens with one attached hydrogen (secondary N) is 1. The van der Waals surface area contributed by atoms with Gasteiger partial charge in [-0.3, -0.25) is 0 Å². The van der Waals surface area contributed by atoms with Gasteiger partial charge in [0.15, 0.2) is 11.5 Å². The van der Waals surface area contributed by atoms with Crippen molar-refractivity contribution in [1.82, 2.24) is 5.16 Å². The summed E-state index contributed by atoms with van der Waals surface area (Å²) in [6.07, 6.45) is 1.44. The summed E-state index contributed by atoms with van der Waals surface area (Å²) in [5, 5.41) is 3.70. The predicted molar refractivity (Wildman–Crippen MR) is 91.9 cm³/mol. The molecule has 1 aliphatic heterocycles. The van der Waals surface area contributed by atoms with Gasteiger partial charge in [-0.05, 0) is 29.8 Å². The highest BCUT2D eigenvalue weighted by molar-refractivity contribution is 7.92. The number of benzene rings is 2. The molecule has 0 unspecified atom stereocenters. The van der Waals surface area contributed by atoms with E-state index in [-0.39, 0.29) is 17.6 Å². The third-order valence-corrected chi connectivity index (χ3v) is 5.18. The summed E-state index contributed by atoms with van der Waals surface area (Å²) >= 11 is 0. The molecule has 0 amide bonds. The Hall–Kier alpha value is -3.20. The number of ether oxygens (including phenoxy) is 3. The monoisotopic (exact) mass is 374 g/mol. The molecule has 0 saturated carbocycles. The number of rotatable bonds is 5. The van der Waals surface area contributed by atoms with Crippen LogP contribution in [0.1, 0.15) is 0 Å². The topological polar surface area (TPSA) is 99.9 Å². The molecular formula is C17H14N2O6S. The van der Waals surface area contributed by atoms with E-state index in [1.165, 1.54) is 18.3 Å². The molecule has 0 atom stereocenters. The molecule has 8 nitrogen and oxygen atoms in total. The van der Waals surface area contributed by atoms with Gasteiger partial charge in [-0.25, -0.2) is 13.1 Å². The Morgan fingerprint density at radius 2 is 1.85 bits per heavy atom. The molecule has 0 saturated heterocycles. The minimum absolute atomic E-state index is 0.0211. The van der Waals surface area contributed by atoms with Crippen LogP contribution in [0.5, 0.6) is 17.2 Å². The summed E-state index contributed by atoms with van der Waals surface area (Å²) in [6.45, 7) is 0.0655. The first kappa shape index (κ1) is 16.3. The second kappa shape index (κ2) is 6.26. The molecule has 4 rings (SSSR count). The van der Waals surface area contributed by atoms with Crippen LogP contribution in [0, 0.1) is 0 Å². The van der Waals surface area contributed by atoms with Gasteiger partial charge < -0.3 is 18.7 Å². The van der Waals surface area contributed by atoms with Crippen LogP contribution in [0.25, 0.3) is 11.1 Å². The average Bonchev–Trinajstić information content (AvgIpc) is 3.30. The predicted octanol–water partition coefficient (Wildman–Crippen LogP) is 2.88. The van der Waals surface area contributed by atoms with Gasteiger partial charge in [0.1, 0.15) is 5.75 Å². The number of sulfonamides is 1. The Morgan fingerprint density at radius 3 is 2.62 bits per heavy atom. The smallest absolute Gasteiger partial charge is 0.264 e. The van der Waals surface area contributed by atoms with Crippen molar-refractivity contribution in [1.29, 1.82) is 0 Å². The maximum absolute atomic E-state index is 12.7. The Labute approximate surface area is 149 Å². The summed E-state index contributed by atoms with van der Waals surface area (Å²) in [6, 6.07) is 11.5. The van der Waals surface area contributed by atoms with E-state index in [0.29, 0.717) is 22.8 Å². The van der Waals surface area contributed by atoms with E-state index in [1.807, 2.05) is 0 Å². The first-order chi connectivity index (χ1) is 12.6. The molecule has 26 heavy (non-hydrogen) atoms. The van der Waals surface area contributed by atoms with Crippen molar-refractivity contribution in [2.45, 2.75) is 4.90 Å². The molecule has 0 aliphatic carbocycles. The molecule has 134 valence electrons. The fraction of sp³-hybridized carbons (Fsp3) is 0.118. The molecule has 1 aliphatic rings. The Kier molecular flexibility index (Phi) is 3.92. The van der Waals surface area contributed by atoms with Crippen LogP contribution in [0.2, 0.25) is 0 Å². The van der Waals surface area contributed by atoms with Crippen LogP contribution in [-0.4, -0.2) is 27.5 Å². The first-order valence-electron chi connectivity index (χ1n) is 7.58. The number of fused-ring (bicyclic) bond motifs is 1. The Bertz CT molecular complexity index is 1040. The zero-order valence-electron chi connectivity index (χ0n) is 13.6. The lowest BCUT2D eigenvalue weighted by molar-refractivity contribution is 0.174. The maximum Gasteiger partial charge on any atom is 0.264 e. The molecule has 1 aromatic heterocycles. The lowest BCUT2D eigenvalue weighted by Gasteiger charge is -2.08. The van der Waals surface area contributed by atoms with Gasteiger partial charge in [0.2, 0.25) is 12.7 Å². The molecule has 0 spiro atoms. The zero-order valence-corrected chi connectivity index (χ0v) is 14.4. The van der Waals surface area contributed by atoms with Crippen molar-refractivity contribution in [3.8, 4) is 28.4 Å². The molecule has 3 aromatic rings. The quantitative estimate of drug-likeness (QED) is 0.733. The average molecular weight is 374 g/mol. The summed E-state index contributed by atoms with van der Waals surface area (Å²) < 4.78 is 48.4. The number of anilines is 1. The molecule has 2 heterocycles. The van der Waals surface area contributed by atoms with E-state index in [9.17, 15) is 8.42 Å². The van der Waals surface area contributed by atoms with Gasteiger partial charge in [-0.2, -0.15) is 0 Å². The lowest BCUT2D eigenvalue weighted by atomic mass is 10.1. The van der Waals surface area contributed by atoms with Crippen molar-refractivity contribution >= 4 is 15.9 Å². The molecule has 9 heteroatoms.